The van der Waals surface area contributed by atoms with Crippen LogP contribution in [0.3, 0.4) is 0 Å². The van der Waals surface area contributed by atoms with E-state index in [1.54, 1.807) is 24.3 Å². The van der Waals surface area contributed by atoms with Crippen LogP contribution >= 0.6 is 0 Å². The Bertz CT molecular complexity index is 894. The number of nitrogens with one attached hydrogen (secondary N) is 2. The van der Waals surface area contributed by atoms with Gasteiger partial charge in [0.2, 0.25) is 5.91 Å². The van der Waals surface area contributed by atoms with E-state index in [1.807, 2.05) is 0 Å². The highest BCUT2D eigenvalue weighted by atomic mass is 16.4. The molecule has 0 saturated heterocycles. The number of hydrogen-bond acceptors (Lipinski definition) is 4. The lowest BCUT2D eigenvalue weighted by Gasteiger charge is -2.19. The molecule has 2 rings (SSSR count). The Morgan fingerprint density at radius 3 is 2.58 bits per heavy atom. The van der Waals surface area contributed by atoms with E-state index in [9.17, 15) is 19.2 Å². The monoisotopic (exact) mass is 333 g/mol. The van der Waals surface area contributed by atoms with E-state index in [0.717, 1.165) is 0 Å². The van der Waals surface area contributed by atoms with Gasteiger partial charge in [-0.25, -0.2) is 4.79 Å². The maximum absolute atomic E-state index is 12.0. The molecule has 24 heavy (non-hydrogen) atoms. The lowest BCUT2D eigenvalue weighted by Crippen LogP contribution is -2.39. The van der Waals surface area contributed by atoms with Gasteiger partial charge in [-0.15, -0.1) is 0 Å². The van der Waals surface area contributed by atoms with E-state index >= 15 is 0 Å². The number of aryl methyl sites for hydroxylation is 1. The summed E-state index contributed by atoms with van der Waals surface area (Å²) in [6, 6.07) is 6.62. The Kier molecular flexibility index (Phi) is 4.87. The van der Waals surface area contributed by atoms with Crippen molar-refractivity contribution in [1.29, 1.82) is 0 Å². The van der Waals surface area contributed by atoms with Crippen LogP contribution in [0.4, 0.5) is 0 Å². The number of carbonyl (C=O) groups is 2. The third kappa shape index (κ3) is 3.70. The van der Waals surface area contributed by atoms with Crippen LogP contribution in [-0.4, -0.2) is 33.1 Å². The number of amides is 1. The summed E-state index contributed by atoms with van der Waals surface area (Å²) in [4.78, 5) is 48.9. The highest BCUT2D eigenvalue weighted by molar-refractivity contribution is 5.80. The van der Waals surface area contributed by atoms with E-state index in [4.69, 9.17) is 5.11 Å². The molecule has 1 amide bonds. The fourth-order valence-electron chi connectivity index (χ4n) is 2.16. The third-order valence-electron chi connectivity index (χ3n) is 3.77. The molecule has 1 aromatic carbocycles. The second kappa shape index (κ2) is 6.69. The number of H-pyrrole nitrogens is 1. The van der Waals surface area contributed by atoms with Crippen LogP contribution in [-0.2, 0) is 16.1 Å². The van der Waals surface area contributed by atoms with Gasteiger partial charge in [0.05, 0.1) is 16.3 Å². The Hall–Kier alpha value is -2.90. The highest BCUT2D eigenvalue weighted by Gasteiger charge is 2.27. The lowest BCUT2D eigenvalue weighted by atomic mass is 9.94. The molecule has 0 unspecified atom stereocenters. The molecular formula is C16H19N3O5. The SMILES string of the molecule is CC(C)(CNC(=O)CCn1c(=O)[nH]c(=O)c2ccccc21)C(=O)O. The van der Waals surface area contributed by atoms with E-state index in [0.29, 0.717) is 10.9 Å². The van der Waals surface area contributed by atoms with Crippen LogP contribution in [0.25, 0.3) is 10.9 Å². The summed E-state index contributed by atoms with van der Waals surface area (Å²) in [5.41, 5.74) is -1.68. The minimum absolute atomic E-state index is 0.00829. The first-order valence-electron chi connectivity index (χ1n) is 7.44. The number of nitrogens with zero attached hydrogens (tertiary/aromatic N) is 1. The van der Waals surface area contributed by atoms with Crippen LogP contribution < -0.4 is 16.6 Å². The first-order chi connectivity index (χ1) is 11.2. The Morgan fingerprint density at radius 1 is 1.25 bits per heavy atom. The van der Waals surface area contributed by atoms with Crippen molar-refractivity contribution in [2.45, 2.75) is 26.8 Å². The van der Waals surface area contributed by atoms with Crippen molar-refractivity contribution in [1.82, 2.24) is 14.9 Å². The maximum atomic E-state index is 12.0. The number of carbonyl (C=O) groups excluding carboxylic acids is 1. The predicted molar refractivity (Wildman–Crippen MR) is 87.9 cm³/mol. The van der Waals surface area contributed by atoms with Gasteiger partial charge in [0.25, 0.3) is 5.56 Å². The van der Waals surface area contributed by atoms with Crippen molar-refractivity contribution in [2.75, 3.05) is 6.54 Å². The molecule has 3 N–H and O–H groups in total. The molecule has 8 nitrogen and oxygen atoms in total. The number of aliphatic carboxylic acids is 1. The van der Waals surface area contributed by atoms with Gasteiger partial charge < -0.3 is 10.4 Å². The Labute approximate surface area is 137 Å². The second-order valence-corrected chi connectivity index (χ2v) is 6.14. The van der Waals surface area contributed by atoms with Gasteiger partial charge in [-0.05, 0) is 26.0 Å². The van der Waals surface area contributed by atoms with Crippen LogP contribution in [0.5, 0.6) is 0 Å². The van der Waals surface area contributed by atoms with Gasteiger partial charge in [0.1, 0.15) is 0 Å². The molecule has 0 aliphatic rings. The van der Waals surface area contributed by atoms with Crippen molar-refractivity contribution >= 4 is 22.8 Å². The minimum atomic E-state index is -1.07. The first kappa shape index (κ1) is 17.5. The molecule has 0 bridgehead atoms. The molecule has 0 aliphatic heterocycles. The summed E-state index contributed by atoms with van der Waals surface area (Å²) in [6.07, 6.45) is -0.00829. The zero-order valence-corrected chi connectivity index (χ0v) is 13.5. The van der Waals surface area contributed by atoms with Crippen molar-refractivity contribution in [3.05, 3.63) is 45.1 Å². The van der Waals surface area contributed by atoms with Gasteiger partial charge in [-0.2, -0.15) is 0 Å². The Morgan fingerprint density at radius 2 is 1.92 bits per heavy atom. The number of carboxylic acid groups (broad SMARTS) is 1. The number of aromatic amines is 1. The van der Waals surface area contributed by atoms with Crippen molar-refractivity contribution in [2.24, 2.45) is 5.41 Å². The number of para-hydroxylation sites is 1. The lowest BCUT2D eigenvalue weighted by molar-refractivity contribution is -0.146. The maximum Gasteiger partial charge on any atom is 0.328 e. The van der Waals surface area contributed by atoms with Crippen molar-refractivity contribution in [3.8, 4) is 0 Å². The molecule has 1 aromatic heterocycles. The summed E-state index contributed by atoms with van der Waals surface area (Å²) in [5.74, 6) is -1.38. The number of fused-ring (bicyclic) bond motifs is 1. The number of rotatable bonds is 6. The quantitative estimate of drug-likeness (QED) is 0.702. The number of hydrogen-bond donors (Lipinski definition) is 3. The van der Waals surface area contributed by atoms with E-state index < -0.39 is 22.6 Å². The molecule has 0 radical (unpaired) electrons. The normalized spacial score (nSPS) is 11.4. The van der Waals surface area contributed by atoms with Gasteiger partial charge in [-0.3, -0.25) is 23.9 Å². The van der Waals surface area contributed by atoms with Gasteiger partial charge in [0.15, 0.2) is 0 Å². The Balaban J connectivity index is 2.12. The third-order valence-corrected chi connectivity index (χ3v) is 3.77. The van der Waals surface area contributed by atoms with Crippen molar-refractivity contribution in [3.63, 3.8) is 0 Å². The summed E-state index contributed by atoms with van der Waals surface area (Å²) < 4.78 is 1.32. The number of benzene rings is 1. The summed E-state index contributed by atoms with van der Waals surface area (Å²) in [7, 11) is 0. The van der Waals surface area contributed by atoms with Crippen molar-refractivity contribution < 1.29 is 14.7 Å². The fourth-order valence-corrected chi connectivity index (χ4v) is 2.16. The average Bonchev–Trinajstić information content (AvgIpc) is 2.52. The molecule has 0 spiro atoms. The topological polar surface area (TPSA) is 121 Å². The van der Waals surface area contributed by atoms with E-state index in [2.05, 4.69) is 10.3 Å². The predicted octanol–water partition coefficient (Wildman–Crippen LogP) is 0.307. The largest absolute Gasteiger partial charge is 0.481 e. The second-order valence-electron chi connectivity index (χ2n) is 6.14. The van der Waals surface area contributed by atoms with E-state index in [-0.39, 0.29) is 25.4 Å². The average molecular weight is 333 g/mol. The number of aromatic nitrogens is 2. The smallest absolute Gasteiger partial charge is 0.328 e. The molecule has 128 valence electrons. The fraction of sp³-hybridized carbons (Fsp3) is 0.375. The summed E-state index contributed by atoms with van der Waals surface area (Å²) in [5, 5.41) is 11.9. The van der Waals surface area contributed by atoms with Gasteiger partial charge >= 0.3 is 11.7 Å². The zero-order valence-electron chi connectivity index (χ0n) is 13.5. The van der Waals surface area contributed by atoms with E-state index in [1.165, 1.54) is 18.4 Å². The molecule has 2 aromatic rings. The van der Waals surface area contributed by atoms with Crippen LogP contribution in [0, 0.1) is 5.41 Å². The van der Waals surface area contributed by atoms with Crippen LogP contribution in [0.15, 0.2) is 33.9 Å². The minimum Gasteiger partial charge on any atom is -0.481 e. The first-order valence-corrected chi connectivity index (χ1v) is 7.44. The summed E-state index contributed by atoms with van der Waals surface area (Å²) >= 11 is 0. The van der Waals surface area contributed by atoms with Gasteiger partial charge in [-0.1, -0.05) is 12.1 Å². The molecule has 0 fully saturated rings. The van der Waals surface area contributed by atoms with Crippen LogP contribution in [0.2, 0.25) is 0 Å². The molecule has 0 aliphatic carbocycles. The zero-order chi connectivity index (χ0) is 17.9. The molecule has 0 saturated carbocycles. The molecule has 8 heteroatoms. The molecule has 1 heterocycles. The summed E-state index contributed by atoms with van der Waals surface area (Å²) in [6.45, 7) is 3.09. The standard InChI is InChI=1S/C16H19N3O5/c1-16(2,14(22)23)9-17-12(20)7-8-19-11-6-4-3-5-10(11)13(21)18-15(19)24/h3-6H,7-9H2,1-2H3,(H,17,20)(H,22,23)(H,18,21,24). The molecular weight excluding hydrogens is 314 g/mol. The molecule has 0 atom stereocenters. The van der Waals surface area contributed by atoms with Crippen LogP contribution in [0.1, 0.15) is 20.3 Å². The van der Waals surface area contributed by atoms with Gasteiger partial charge in [0, 0.05) is 19.5 Å². The number of carboxylic acids is 1. The highest BCUT2D eigenvalue weighted by Crippen LogP contribution is 2.13.